The molecule has 1 saturated heterocycles. The van der Waals surface area contributed by atoms with Gasteiger partial charge in [0.1, 0.15) is 6.54 Å². The first-order valence-corrected chi connectivity index (χ1v) is 3.65. The van der Waals surface area contributed by atoms with Gasteiger partial charge in [0.05, 0.1) is 6.67 Å². The summed E-state index contributed by atoms with van der Waals surface area (Å²) in [5.74, 6) is 0.610. The van der Waals surface area contributed by atoms with Crippen molar-refractivity contribution in [3.63, 3.8) is 0 Å². The Labute approximate surface area is 69.4 Å². The van der Waals surface area contributed by atoms with E-state index in [2.05, 4.69) is 15.3 Å². The summed E-state index contributed by atoms with van der Waals surface area (Å²) in [4.78, 5) is 20.6. The molecule has 1 aromatic rings. The summed E-state index contributed by atoms with van der Waals surface area (Å²) >= 11 is 0. The largest absolute Gasteiger partial charge is 0.337 e. The third-order valence-corrected chi connectivity index (χ3v) is 1.64. The number of nitrogens with one attached hydrogen (secondary N) is 1. The first-order chi connectivity index (χ1) is 5.86. The molecule has 1 aliphatic heterocycles. The number of hydrogen-bond acceptors (Lipinski definition) is 4. The summed E-state index contributed by atoms with van der Waals surface area (Å²) in [6, 6.07) is 1.74. The Balaban J connectivity index is 2.16. The predicted molar refractivity (Wildman–Crippen MR) is 42.4 cm³/mol. The van der Waals surface area contributed by atoms with E-state index in [1.807, 2.05) is 0 Å². The van der Waals surface area contributed by atoms with Gasteiger partial charge in [0.2, 0.25) is 11.9 Å². The number of rotatable bonds is 1. The van der Waals surface area contributed by atoms with E-state index in [0.717, 1.165) is 0 Å². The van der Waals surface area contributed by atoms with Crippen molar-refractivity contribution < 1.29 is 4.79 Å². The van der Waals surface area contributed by atoms with Crippen LogP contribution in [0.5, 0.6) is 0 Å². The molecule has 62 valence electrons. The Morgan fingerprint density at radius 2 is 2.17 bits per heavy atom. The van der Waals surface area contributed by atoms with E-state index in [9.17, 15) is 4.79 Å². The predicted octanol–water partition coefficient (Wildman–Crippen LogP) is -0.630. The number of amides is 1. The van der Waals surface area contributed by atoms with Gasteiger partial charge in [-0.1, -0.05) is 0 Å². The SMILES string of the molecule is O=C1CN(c2ncccn2)CN1. The molecule has 1 aliphatic rings. The molecule has 2 rings (SSSR count). The molecule has 0 atom stereocenters. The van der Waals surface area contributed by atoms with E-state index in [-0.39, 0.29) is 5.91 Å². The highest BCUT2D eigenvalue weighted by molar-refractivity contribution is 5.83. The summed E-state index contributed by atoms with van der Waals surface area (Å²) in [7, 11) is 0. The first kappa shape index (κ1) is 7.02. The zero-order valence-corrected chi connectivity index (χ0v) is 6.40. The third-order valence-electron chi connectivity index (χ3n) is 1.64. The molecule has 12 heavy (non-hydrogen) atoms. The molecule has 0 unspecified atom stereocenters. The molecule has 5 nitrogen and oxygen atoms in total. The molecule has 0 spiro atoms. The minimum atomic E-state index is 0.0162. The van der Waals surface area contributed by atoms with Gasteiger partial charge in [-0.2, -0.15) is 0 Å². The van der Waals surface area contributed by atoms with Gasteiger partial charge in [0.15, 0.2) is 0 Å². The maximum absolute atomic E-state index is 10.8. The fraction of sp³-hybridized carbons (Fsp3) is 0.286. The fourth-order valence-electron chi connectivity index (χ4n) is 1.06. The number of carbonyl (C=O) groups is 1. The van der Waals surface area contributed by atoms with E-state index in [1.165, 1.54) is 0 Å². The minimum absolute atomic E-state index is 0.0162. The van der Waals surface area contributed by atoms with Gasteiger partial charge >= 0.3 is 0 Å². The number of nitrogens with zero attached hydrogens (tertiary/aromatic N) is 3. The molecule has 0 aromatic carbocycles. The third kappa shape index (κ3) is 1.20. The Morgan fingerprint density at radius 1 is 1.42 bits per heavy atom. The van der Waals surface area contributed by atoms with Crippen LogP contribution >= 0.6 is 0 Å². The van der Waals surface area contributed by atoms with E-state index >= 15 is 0 Å². The van der Waals surface area contributed by atoms with Crippen LogP contribution in [0, 0.1) is 0 Å². The van der Waals surface area contributed by atoms with Crippen LogP contribution in [0.2, 0.25) is 0 Å². The molecule has 1 fully saturated rings. The molecule has 5 heteroatoms. The lowest BCUT2D eigenvalue weighted by Crippen LogP contribution is -2.22. The monoisotopic (exact) mass is 164 g/mol. The molecule has 0 saturated carbocycles. The van der Waals surface area contributed by atoms with Crippen LogP contribution in [0.3, 0.4) is 0 Å². The van der Waals surface area contributed by atoms with Crippen LogP contribution in [0.1, 0.15) is 0 Å². The lowest BCUT2D eigenvalue weighted by Gasteiger charge is -2.10. The zero-order valence-electron chi connectivity index (χ0n) is 6.40. The second-order valence-electron chi connectivity index (χ2n) is 2.50. The second kappa shape index (κ2) is 2.77. The maximum Gasteiger partial charge on any atom is 0.241 e. The summed E-state index contributed by atoms with van der Waals surface area (Å²) in [6.07, 6.45) is 3.32. The van der Waals surface area contributed by atoms with Gasteiger partial charge in [-0.15, -0.1) is 0 Å². The number of carbonyl (C=O) groups excluding carboxylic acids is 1. The first-order valence-electron chi connectivity index (χ1n) is 3.65. The lowest BCUT2D eigenvalue weighted by atomic mass is 10.6. The van der Waals surface area contributed by atoms with Gasteiger partial charge in [0, 0.05) is 12.4 Å². The average Bonchev–Trinajstić information content (AvgIpc) is 2.54. The molecule has 1 aromatic heterocycles. The van der Waals surface area contributed by atoms with Gasteiger partial charge in [-0.05, 0) is 6.07 Å². The number of anilines is 1. The van der Waals surface area contributed by atoms with Crippen LogP contribution in [0.15, 0.2) is 18.5 Å². The van der Waals surface area contributed by atoms with Crippen molar-refractivity contribution in [2.45, 2.75) is 0 Å². The van der Waals surface area contributed by atoms with Crippen LogP contribution in [-0.4, -0.2) is 29.1 Å². The van der Waals surface area contributed by atoms with Crippen molar-refractivity contribution in [3.8, 4) is 0 Å². The van der Waals surface area contributed by atoms with Gasteiger partial charge in [0.25, 0.3) is 0 Å². The highest BCUT2D eigenvalue weighted by atomic mass is 16.2. The normalized spacial score (nSPS) is 16.3. The number of hydrogen-bond donors (Lipinski definition) is 1. The van der Waals surface area contributed by atoms with E-state index in [0.29, 0.717) is 19.2 Å². The Morgan fingerprint density at radius 3 is 2.75 bits per heavy atom. The second-order valence-corrected chi connectivity index (χ2v) is 2.50. The molecular formula is C7H8N4O. The molecule has 0 radical (unpaired) electrons. The Hall–Kier alpha value is -1.65. The van der Waals surface area contributed by atoms with E-state index in [4.69, 9.17) is 0 Å². The summed E-state index contributed by atoms with van der Waals surface area (Å²) in [5.41, 5.74) is 0. The standard InChI is InChI=1S/C7H8N4O/c12-6-4-11(5-10-6)7-8-2-1-3-9-7/h1-3H,4-5H2,(H,10,12). The van der Waals surface area contributed by atoms with Crippen molar-refractivity contribution in [3.05, 3.63) is 18.5 Å². The van der Waals surface area contributed by atoms with E-state index < -0.39 is 0 Å². The average molecular weight is 164 g/mol. The van der Waals surface area contributed by atoms with Crippen molar-refractivity contribution in [2.24, 2.45) is 0 Å². The highest BCUT2D eigenvalue weighted by Crippen LogP contribution is 2.05. The van der Waals surface area contributed by atoms with Gasteiger partial charge in [-0.3, -0.25) is 4.79 Å². The summed E-state index contributed by atoms with van der Waals surface area (Å²) < 4.78 is 0. The number of aromatic nitrogens is 2. The van der Waals surface area contributed by atoms with Crippen LogP contribution in [-0.2, 0) is 4.79 Å². The topological polar surface area (TPSA) is 58.1 Å². The molecular weight excluding hydrogens is 156 g/mol. The Kier molecular flexibility index (Phi) is 1.62. The minimum Gasteiger partial charge on any atom is -0.337 e. The van der Waals surface area contributed by atoms with Crippen molar-refractivity contribution in [1.29, 1.82) is 0 Å². The zero-order chi connectivity index (χ0) is 8.39. The molecule has 1 amide bonds. The maximum atomic E-state index is 10.8. The van der Waals surface area contributed by atoms with Crippen molar-refractivity contribution >= 4 is 11.9 Å². The Bertz CT molecular complexity index is 287. The smallest absolute Gasteiger partial charge is 0.241 e. The van der Waals surface area contributed by atoms with E-state index in [1.54, 1.807) is 23.4 Å². The van der Waals surface area contributed by atoms with Crippen LogP contribution < -0.4 is 10.2 Å². The lowest BCUT2D eigenvalue weighted by molar-refractivity contribution is -0.118. The molecule has 1 N–H and O–H groups in total. The quantitative estimate of drug-likeness (QED) is 0.600. The molecule has 0 bridgehead atoms. The van der Waals surface area contributed by atoms with Crippen molar-refractivity contribution in [2.75, 3.05) is 18.1 Å². The highest BCUT2D eigenvalue weighted by Gasteiger charge is 2.19. The van der Waals surface area contributed by atoms with Crippen LogP contribution in [0.25, 0.3) is 0 Å². The summed E-state index contributed by atoms with van der Waals surface area (Å²) in [6.45, 7) is 0.854. The molecule has 2 heterocycles. The van der Waals surface area contributed by atoms with Gasteiger partial charge < -0.3 is 10.2 Å². The van der Waals surface area contributed by atoms with Crippen LogP contribution in [0.4, 0.5) is 5.95 Å². The fourth-order valence-corrected chi connectivity index (χ4v) is 1.06. The van der Waals surface area contributed by atoms with Gasteiger partial charge in [-0.25, -0.2) is 9.97 Å². The summed E-state index contributed by atoms with van der Waals surface area (Å²) in [5, 5.41) is 2.68. The molecule has 0 aliphatic carbocycles. The van der Waals surface area contributed by atoms with Crippen molar-refractivity contribution in [1.82, 2.24) is 15.3 Å².